The van der Waals surface area contributed by atoms with Crippen molar-refractivity contribution in [3.8, 4) is 5.75 Å². The van der Waals surface area contributed by atoms with E-state index in [0.29, 0.717) is 5.56 Å². The minimum Gasteiger partial charge on any atom is -0.508 e. The van der Waals surface area contributed by atoms with Crippen molar-refractivity contribution in [2.45, 2.75) is 36.8 Å². The molecule has 130 valence electrons. The summed E-state index contributed by atoms with van der Waals surface area (Å²) in [6.45, 7) is 0. The van der Waals surface area contributed by atoms with Crippen LogP contribution >= 0.6 is 0 Å². The zero-order chi connectivity index (χ0) is 17.9. The summed E-state index contributed by atoms with van der Waals surface area (Å²) in [5, 5.41) is 47.8. The van der Waals surface area contributed by atoms with Crippen LogP contribution in [-0.2, 0) is 14.3 Å². The maximum Gasteiger partial charge on any atom is 0.335 e. The van der Waals surface area contributed by atoms with Crippen molar-refractivity contribution < 1.29 is 39.9 Å². The van der Waals surface area contributed by atoms with Crippen molar-refractivity contribution in [3.63, 3.8) is 0 Å². The molecule has 0 bridgehead atoms. The standard InChI is InChI=1S/C16H18O8/c17-10-3-1-2-9(6-10)4-5-13(19)24-12-8-16(23,15(21)22)7-11(18)14(12)20/h1-6,11-12,14,17-18,20,23H,7-8H2,(H,21,22)/b5-4+/t11-,12-,14-,16+/m1/s1. The first-order valence-electron chi connectivity index (χ1n) is 7.21. The van der Waals surface area contributed by atoms with E-state index in [1.807, 2.05) is 0 Å². The van der Waals surface area contributed by atoms with Crippen LogP contribution in [0.2, 0.25) is 0 Å². The lowest BCUT2D eigenvalue weighted by Gasteiger charge is -2.39. The van der Waals surface area contributed by atoms with E-state index in [9.17, 15) is 30.0 Å². The van der Waals surface area contributed by atoms with E-state index in [0.717, 1.165) is 6.08 Å². The number of phenols is 1. The van der Waals surface area contributed by atoms with E-state index < -0.39 is 48.7 Å². The highest BCUT2D eigenvalue weighted by atomic mass is 16.6. The Bertz CT molecular complexity index is 655. The summed E-state index contributed by atoms with van der Waals surface area (Å²) >= 11 is 0. The summed E-state index contributed by atoms with van der Waals surface area (Å²) in [5.74, 6) is -2.43. The van der Waals surface area contributed by atoms with E-state index in [4.69, 9.17) is 9.84 Å². The van der Waals surface area contributed by atoms with Gasteiger partial charge in [0, 0.05) is 18.9 Å². The first-order chi connectivity index (χ1) is 11.2. The van der Waals surface area contributed by atoms with Crippen molar-refractivity contribution in [1.29, 1.82) is 0 Å². The highest BCUT2D eigenvalue weighted by molar-refractivity contribution is 5.87. The molecule has 1 saturated carbocycles. The number of aliphatic hydroxyl groups is 3. The summed E-state index contributed by atoms with van der Waals surface area (Å²) in [6, 6.07) is 6.08. The number of carboxylic acids is 1. The van der Waals surface area contributed by atoms with Crippen LogP contribution in [0.5, 0.6) is 5.75 Å². The maximum absolute atomic E-state index is 11.8. The molecule has 0 aliphatic heterocycles. The summed E-state index contributed by atoms with van der Waals surface area (Å²) in [5.41, 5.74) is -1.75. The first-order valence-corrected chi connectivity index (χ1v) is 7.21. The number of carboxylic acid groups (broad SMARTS) is 1. The Morgan fingerprint density at radius 2 is 1.96 bits per heavy atom. The zero-order valence-electron chi connectivity index (χ0n) is 12.6. The Morgan fingerprint density at radius 3 is 2.58 bits per heavy atom. The monoisotopic (exact) mass is 338 g/mol. The van der Waals surface area contributed by atoms with Gasteiger partial charge in [0.2, 0.25) is 0 Å². The van der Waals surface area contributed by atoms with E-state index in [2.05, 4.69) is 0 Å². The minimum atomic E-state index is -2.28. The third-order valence-electron chi connectivity index (χ3n) is 3.81. The number of carbonyl (C=O) groups is 2. The number of carbonyl (C=O) groups excluding carboxylic acids is 1. The normalized spacial score (nSPS) is 30.2. The van der Waals surface area contributed by atoms with Gasteiger partial charge in [0.15, 0.2) is 5.60 Å². The first kappa shape index (κ1) is 17.9. The molecule has 0 amide bonds. The number of aliphatic carboxylic acids is 1. The lowest BCUT2D eigenvalue weighted by Crippen LogP contribution is -2.57. The van der Waals surface area contributed by atoms with Gasteiger partial charge in [0.05, 0.1) is 6.10 Å². The highest BCUT2D eigenvalue weighted by Crippen LogP contribution is 2.31. The summed E-state index contributed by atoms with van der Waals surface area (Å²) in [6.07, 6.45) is -3.10. The van der Waals surface area contributed by atoms with Gasteiger partial charge in [-0.1, -0.05) is 12.1 Å². The van der Waals surface area contributed by atoms with Crippen LogP contribution < -0.4 is 0 Å². The SMILES string of the molecule is O=C(/C=C/c1cccc(O)c1)O[C@@H]1C[C@](O)(C(=O)O)C[C@@H](O)[C@H]1O. The molecule has 0 heterocycles. The molecule has 1 aromatic rings. The van der Waals surface area contributed by atoms with Gasteiger partial charge in [-0.25, -0.2) is 9.59 Å². The Morgan fingerprint density at radius 1 is 1.25 bits per heavy atom. The lowest BCUT2D eigenvalue weighted by atomic mass is 9.79. The molecule has 1 fully saturated rings. The molecule has 0 spiro atoms. The van der Waals surface area contributed by atoms with Gasteiger partial charge in [0.25, 0.3) is 0 Å². The number of hydrogen-bond acceptors (Lipinski definition) is 7. The van der Waals surface area contributed by atoms with Crippen molar-refractivity contribution in [3.05, 3.63) is 35.9 Å². The van der Waals surface area contributed by atoms with E-state index in [1.165, 1.54) is 18.2 Å². The molecule has 1 aliphatic carbocycles. The largest absolute Gasteiger partial charge is 0.508 e. The molecule has 24 heavy (non-hydrogen) atoms. The average Bonchev–Trinajstić information content (AvgIpc) is 2.50. The van der Waals surface area contributed by atoms with E-state index in [1.54, 1.807) is 12.1 Å². The predicted octanol–water partition coefficient (Wildman–Crippen LogP) is -0.352. The topological polar surface area (TPSA) is 145 Å². The van der Waals surface area contributed by atoms with Crippen molar-refractivity contribution in [1.82, 2.24) is 0 Å². The molecule has 0 aromatic heterocycles. The predicted molar refractivity (Wildman–Crippen MR) is 80.9 cm³/mol. The van der Waals surface area contributed by atoms with Crippen LogP contribution in [0.15, 0.2) is 30.3 Å². The fraction of sp³-hybridized carbons (Fsp3) is 0.375. The maximum atomic E-state index is 11.8. The van der Waals surface area contributed by atoms with Crippen molar-refractivity contribution in [2.24, 2.45) is 0 Å². The average molecular weight is 338 g/mol. The third-order valence-corrected chi connectivity index (χ3v) is 3.81. The van der Waals surface area contributed by atoms with Gasteiger partial charge in [-0.3, -0.25) is 0 Å². The fourth-order valence-electron chi connectivity index (χ4n) is 2.52. The molecule has 1 aromatic carbocycles. The molecule has 0 radical (unpaired) electrons. The number of rotatable bonds is 4. The Labute approximate surface area is 137 Å². The quantitative estimate of drug-likeness (QED) is 0.370. The van der Waals surface area contributed by atoms with Crippen LogP contribution in [-0.4, -0.2) is 61.4 Å². The second-order valence-electron chi connectivity index (χ2n) is 5.71. The number of benzene rings is 1. The van der Waals surface area contributed by atoms with Gasteiger partial charge in [0.1, 0.15) is 18.0 Å². The number of aromatic hydroxyl groups is 1. The molecule has 1 aliphatic rings. The number of phenolic OH excluding ortho intramolecular Hbond substituents is 1. The van der Waals surface area contributed by atoms with Gasteiger partial charge >= 0.3 is 11.9 Å². The smallest absolute Gasteiger partial charge is 0.335 e. The van der Waals surface area contributed by atoms with Crippen LogP contribution in [0.25, 0.3) is 6.08 Å². The van der Waals surface area contributed by atoms with Gasteiger partial charge in [-0.15, -0.1) is 0 Å². The number of hydrogen-bond donors (Lipinski definition) is 5. The van der Waals surface area contributed by atoms with Crippen LogP contribution in [0.4, 0.5) is 0 Å². The molecular weight excluding hydrogens is 320 g/mol. The second-order valence-corrected chi connectivity index (χ2v) is 5.71. The number of esters is 1. The lowest BCUT2D eigenvalue weighted by molar-refractivity contribution is -0.196. The number of aliphatic hydroxyl groups excluding tert-OH is 2. The fourth-order valence-corrected chi connectivity index (χ4v) is 2.52. The van der Waals surface area contributed by atoms with Gasteiger partial charge in [-0.05, 0) is 23.8 Å². The van der Waals surface area contributed by atoms with Crippen molar-refractivity contribution in [2.75, 3.05) is 0 Å². The van der Waals surface area contributed by atoms with E-state index >= 15 is 0 Å². The summed E-state index contributed by atoms with van der Waals surface area (Å²) < 4.78 is 4.95. The Kier molecular flexibility index (Phi) is 5.23. The molecule has 0 saturated heterocycles. The van der Waals surface area contributed by atoms with Crippen LogP contribution in [0, 0.1) is 0 Å². The Balaban J connectivity index is 2.05. The Hall–Kier alpha value is -2.42. The van der Waals surface area contributed by atoms with Gasteiger partial charge < -0.3 is 30.3 Å². The van der Waals surface area contributed by atoms with Gasteiger partial charge in [-0.2, -0.15) is 0 Å². The zero-order valence-corrected chi connectivity index (χ0v) is 12.6. The minimum absolute atomic E-state index is 0.0165. The molecular formula is C16H18O8. The summed E-state index contributed by atoms with van der Waals surface area (Å²) in [7, 11) is 0. The van der Waals surface area contributed by atoms with Crippen LogP contribution in [0.3, 0.4) is 0 Å². The van der Waals surface area contributed by atoms with Crippen LogP contribution in [0.1, 0.15) is 18.4 Å². The highest BCUT2D eigenvalue weighted by Gasteiger charge is 2.50. The van der Waals surface area contributed by atoms with E-state index in [-0.39, 0.29) is 5.75 Å². The molecule has 4 atom stereocenters. The summed E-state index contributed by atoms with van der Waals surface area (Å²) in [4.78, 5) is 22.9. The molecule has 8 heteroatoms. The molecule has 2 rings (SSSR count). The molecule has 5 N–H and O–H groups in total. The molecule has 8 nitrogen and oxygen atoms in total. The molecule has 0 unspecified atom stereocenters. The van der Waals surface area contributed by atoms with Crippen molar-refractivity contribution >= 4 is 18.0 Å². The third kappa shape index (κ3) is 4.10. The second kappa shape index (κ2) is 7.00. The number of ether oxygens (including phenoxy) is 1.